The van der Waals surface area contributed by atoms with E-state index >= 15 is 0 Å². The quantitative estimate of drug-likeness (QED) is 0.447. The van der Waals surface area contributed by atoms with E-state index in [0.717, 1.165) is 10.6 Å². The van der Waals surface area contributed by atoms with E-state index in [1.54, 1.807) is 12.1 Å². The molecule has 0 atom stereocenters. The van der Waals surface area contributed by atoms with Crippen LogP contribution in [0.3, 0.4) is 0 Å². The lowest BCUT2D eigenvalue weighted by Gasteiger charge is -2.11. The van der Waals surface area contributed by atoms with Crippen molar-refractivity contribution in [3.63, 3.8) is 0 Å². The van der Waals surface area contributed by atoms with Crippen molar-refractivity contribution in [1.29, 1.82) is 0 Å². The van der Waals surface area contributed by atoms with Gasteiger partial charge in [0.25, 0.3) is 0 Å². The fourth-order valence-corrected chi connectivity index (χ4v) is 2.64. The first-order chi connectivity index (χ1) is 10.6. The molecular formula is C15H14ClN3OS2. The normalized spacial score (nSPS) is 9.86. The van der Waals surface area contributed by atoms with Crippen LogP contribution < -0.4 is 16.2 Å². The van der Waals surface area contributed by atoms with E-state index in [1.807, 2.05) is 42.5 Å². The summed E-state index contributed by atoms with van der Waals surface area (Å²) in [4.78, 5) is 12.8. The number of halogens is 1. The molecule has 0 radical (unpaired) electrons. The van der Waals surface area contributed by atoms with Crippen LogP contribution in [0.2, 0.25) is 5.02 Å². The average molecular weight is 352 g/mol. The molecular weight excluding hydrogens is 338 g/mol. The van der Waals surface area contributed by atoms with E-state index in [4.69, 9.17) is 23.8 Å². The third kappa shape index (κ3) is 5.93. The maximum absolute atomic E-state index is 11.7. The van der Waals surface area contributed by atoms with Crippen molar-refractivity contribution < 1.29 is 4.79 Å². The Morgan fingerprint density at radius 1 is 1.09 bits per heavy atom. The molecule has 4 nitrogen and oxygen atoms in total. The molecule has 0 unspecified atom stereocenters. The van der Waals surface area contributed by atoms with Crippen molar-refractivity contribution in [2.45, 2.75) is 4.90 Å². The van der Waals surface area contributed by atoms with Crippen LogP contribution in [-0.4, -0.2) is 16.8 Å². The van der Waals surface area contributed by atoms with E-state index in [1.165, 1.54) is 11.8 Å². The van der Waals surface area contributed by atoms with Crippen molar-refractivity contribution in [3.8, 4) is 0 Å². The Kier molecular flexibility index (Phi) is 6.51. The molecule has 2 aromatic rings. The number of hydrogen-bond acceptors (Lipinski definition) is 3. The van der Waals surface area contributed by atoms with Gasteiger partial charge in [-0.2, -0.15) is 0 Å². The largest absolute Gasteiger partial charge is 0.331 e. The Morgan fingerprint density at radius 3 is 2.59 bits per heavy atom. The molecule has 0 aromatic heterocycles. The third-order valence-corrected chi connectivity index (χ3v) is 3.96. The minimum atomic E-state index is -0.163. The first-order valence-corrected chi connectivity index (χ1v) is 8.20. The lowest BCUT2D eigenvalue weighted by atomic mass is 10.3. The van der Waals surface area contributed by atoms with Gasteiger partial charge in [0.1, 0.15) is 0 Å². The highest BCUT2D eigenvalue weighted by Gasteiger charge is 2.03. The van der Waals surface area contributed by atoms with Crippen LogP contribution >= 0.6 is 35.6 Å². The Hall–Kier alpha value is -1.76. The van der Waals surface area contributed by atoms with Gasteiger partial charge in [-0.15, -0.1) is 11.8 Å². The third-order valence-electron chi connectivity index (χ3n) is 2.51. The van der Waals surface area contributed by atoms with E-state index in [2.05, 4.69) is 16.2 Å². The first-order valence-electron chi connectivity index (χ1n) is 6.43. The highest BCUT2D eigenvalue weighted by atomic mass is 35.5. The molecule has 3 N–H and O–H groups in total. The predicted molar refractivity (Wildman–Crippen MR) is 96.1 cm³/mol. The van der Waals surface area contributed by atoms with Crippen LogP contribution in [0.4, 0.5) is 5.69 Å². The summed E-state index contributed by atoms with van der Waals surface area (Å²) in [6.45, 7) is 0. The summed E-state index contributed by atoms with van der Waals surface area (Å²) >= 11 is 12.4. The van der Waals surface area contributed by atoms with E-state index in [-0.39, 0.29) is 5.91 Å². The number of hydrazine groups is 1. The van der Waals surface area contributed by atoms with Crippen molar-refractivity contribution in [3.05, 3.63) is 59.6 Å². The Bertz CT molecular complexity index is 652. The number of carbonyl (C=O) groups excluding carboxylic acids is 1. The molecule has 0 saturated carbocycles. The predicted octanol–water partition coefficient (Wildman–Crippen LogP) is 3.45. The molecule has 7 heteroatoms. The van der Waals surface area contributed by atoms with Crippen LogP contribution in [0.1, 0.15) is 0 Å². The smallest absolute Gasteiger partial charge is 0.248 e. The van der Waals surface area contributed by atoms with Gasteiger partial charge < -0.3 is 5.32 Å². The molecule has 0 heterocycles. The standard InChI is InChI=1S/C15H14ClN3OS2/c16-11-5-4-6-12(9-11)17-15(21)19-18-14(20)10-22-13-7-2-1-3-8-13/h1-9H,10H2,(H,18,20)(H2,17,19,21). The van der Waals surface area contributed by atoms with Crippen LogP contribution in [0.25, 0.3) is 0 Å². The summed E-state index contributed by atoms with van der Waals surface area (Å²) in [5.41, 5.74) is 5.94. The van der Waals surface area contributed by atoms with E-state index in [0.29, 0.717) is 15.9 Å². The second-order valence-electron chi connectivity index (χ2n) is 4.24. The summed E-state index contributed by atoms with van der Waals surface area (Å²) in [5.74, 6) is 0.139. The van der Waals surface area contributed by atoms with E-state index < -0.39 is 0 Å². The SMILES string of the molecule is O=C(CSc1ccccc1)NNC(=S)Nc1cccc(Cl)c1. The highest BCUT2D eigenvalue weighted by molar-refractivity contribution is 8.00. The van der Waals surface area contributed by atoms with Crippen molar-refractivity contribution in [2.75, 3.05) is 11.1 Å². The van der Waals surface area contributed by atoms with E-state index in [9.17, 15) is 4.79 Å². The number of benzene rings is 2. The number of carbonyl (C=O) groups is 1. The minimum Gasteiger partial charge on any atom is -0.331 e. The van der Waals surface area contributed by atoms with Gasteiger partial charge in [0.15, 0.2) is 5.11 Å². The lowest BCUT2D eigenvalue weighted by molar-refractivity contribution is -0.119. The lowest BCUT2D eigenvalue weighted by Crippen LogP contribution is -2.44. The molecule has 22 heavy (non-hydrogen) atoms. The van der Waals surface area contributed by atoms with Crippen LogP contribution in [0.5, 0.6) is 0 Å². The van der Waals surface area contributed by atoms with Gasteiger partial charge in [0.05, 0.1) is 5.75 Å². The van der Waals surface area contributed by atoms with Crippen molar-refractivity contribution in [2.24, 2.45) is 0 Å². The van der Waals surface area contributed by atoms with Crippen molar-refractivity contribution >= 4 is 52.3 Å². The Morgan fingerprint density at radius 2 is 1.86 bits per heavy atom. The average Bonchev–Trinajstić information content (AvgIpc) is 2.52. The highest BCUT2D eigenvalue weighted by Crippen LogP contribution is 2.16. The van der Waals surface area contributed by atoms with Gasteiger partial charge in [-0.3, -0.25) is 15.6 Å². The second-order valence-corrected chi connectivity index (χ2v) is 6.13. The van der Waals surface area contributed by atoms with Gasteiger partial charge in [-0.1, -0.05) is 35.9 Å². The van der Waals surface area contributed by atoms with Crippen LogP contribution in [-0.2, 0) is 4.79 Å². The number of anilines is 1. The Balaban J connectivity index is 1.70. The molecule has 0 aliphatic carbocycles. The summed E-state index contributed by atoms with van der Waals surface area (Å²) in [6, 6.07) is 16.9. The van der Waals surface area contributed by atoms with Crippen LogP contribution in [0, 0.1) is 0 Å². The number of thioether (sulfide) groups is 1. The molecule has 114 valence electrons. The molecule has 0 spiro atoms. The molecule has 2 rings (SSSR count). The summed E-state index contributed by atoms with van der Waals surface area (Å²) in [7, 11) is 0. The molecule has 0 fully saturated rings. The number of hydrogen-bond donors (Lipinski definition) is 3. The Labute approximate surface area is 143 Å². The summed E-state index contributed by atoms with van der Waals surface area (Å²) in [6.07, 6.45) is 0. The maximum Gasteiger partial charge on any atom is 0.248 e. The van der Waals surface area contributed by atoms with Gasteiger partial charge in [0.2, 0.25) is 5.91 Å². The summed E-state index contributed by atoms with van der Waals surface area (Å²) < 4.78 is 0. The number of thiocarbonyl (C=S) groups is 1. The van der Waals surface area contributed by atoms with Crippen molar-refractivity contribution in [1.82, 2.24) is 10.9 Å². The fourth-order valence-electron chi connectivity index (χ4n) is 1.56. The number of nitrogens with one attached hydrogen (secondary N) is 3. The maximum atomic E-state index is 11.7. The van der Waals surface area contributed by atoms with Gasteiger partial charge in [-0.05, 0) is 42.5 Å². The number of rotatable bonds is 4. The van der Waals surface area contributed by atoms with Gasteiger partial charge >= 0.3 is 0 Å². The van der Waals surface area contributed by atoms with Gasteiger partial charge in [-0.25, -0.2) is 0 Å². The molecule has 0 aliphatic heterocycles. The minimum absolute atomic E-state index is 0.163. The first kappa shape index (κ1) is 16.6. The zero-order chi connectivity index (χ0) is 15.8. The molecule has 2 aromatic carbocycles. The monoisotopic (exact) mass is 351 g/mol. The van der Waals surface area contributed by atoms with Crippen LogP contribution in [0.15, 0.2) is 59.5 Å². The molecule has 1 amide bonds. The number of amides is 1. The molecule has 0 bridgehead atoms. The summed E-state index contributed by atoms with van der Waals surface area (Å²) in [5, 5.41) is 3.83. The second kappa shape index (κ2) is 8.63. The zero-order valence-corrected chi connectivity index (χ0v) is 13.9. The zero-order valence-electron chi connectivity index (χ0n) is 11.5. The van der Waals surface area contributed by atoms with Gasteiger partial charge in [0, 0.05) is 15.6 Å². The fraction of sp³-hybridized carbons (Fsp3) is 0.0667. The topological polar surface area (TPSA) is 53.2 Å². The molecule has 0 saturated heterocycles. The molecule has 0 aliphatic rings.